The first-order valence-electron chi connectivity index (χ1n) is 5.11. The summed E-state index contributed by atoms with van der Waals surface area (Å²) in [6, 6.07) is 0. The van der Waals surface area contributed by atoms with Gasteiger partial charge in [0.1, 0.15) is 0 Å². The van der Waals surface area contributed by atoms with E-state index in [1.54, 1.807) is 0 Å². The molecule has 1 saturated carbocycles. The third-order valence-corrected chi connectivity index (χ3v) is 3.12. The molecule has 1 saturated heterocycles. The molecule has 1 aliphatic heterocycles. The van der Waals surface area contributed by atoms with Gasteiger partial charge in [0.05, 0.1) is 13.2 Å². The van der Waals surface area contributed by atoms with Crippen LogP contribution in [0.3, 0.4) is 0 Å². The van der Waals surface area contributed by atoms with Gasteiger partial charge in [0.15, 0.2) is 6.10 Å². The van der Waals surface area contributed by atoms with E-state index in [0.29, 0.717) is 18.4 Å². The van der Waals surface area contributed by atoms with Gasteiger partial charge in [0.2, 0.25) is 0 Å². The van der Waals surface area contributed by atoms with Gasteiger partial charge in [0, 0.05) is 5.92 Å². The van der Waals surface area contributed by atoms with Crippen LogP contribution in [0.25, 0.3) is 0 Å². The molecule has 13 heavy (non-hydrogen) atoms. The lowest BCUT2D eigenvalue weighted by Crippen LogP contribution is -2.28. The zero-order chi connectivity index (χ0) is 9.26. The number of fused-ring (bicyclic) bond motifs is 1. The molecule has 2 fully saturated rings. The Morgan fingerprint density at radius 1 is 1.54 bits per heavy atom. The largest absolute Gasteiger partial charge is 0.464 e. The Balaban J connectivity index is 1.96. The molecule has 2 aliphatic rings. The van der Waals surface area contributed by atoms with Crippen LogP contribution in [0.2, 0.25) is 0 Å². The zero-order valence-electron chi connectivity index (χ0n) is 7.99. The van der Waals surface area contributed by atoms with Crippen molar-refractivity contribution in [3.8, 4) is 0 Å². The molecule has 74 valence electrons. The minimum absolute atomic E-state index is 0.156. The molecule has 0 amide bonds. The Kier molecular flexibility index (Phi) is 2.54. The number of carbonyl (C=O) groups is 1. The first-order valence-corrected chi connectivity index (χ1v) is 5.11. The fraction of sp³-hybridized carbons (Fsp3) is 0.900. The molecule has 0 radical (unpaired) electrons. The third-order valence-electron chi connectivity index (χ3n) is 3.12. The lowest BCUT2D eigenvalue weighted by Gasteiger charge is -2.14. The summed E-state index contributed by atoms with van der Waals surface area (Å²) in [4.78, 5) is 11.4. The highest BCUT2D eigenvalue weighted by Crippen LogP contribution is 2.40. The Morgan fingerprint density at radius 2 is 2.38 bits per heavy atom. The number of rotatable bonds is 2. The van der Waals surface area contributed by atoms with Gasteiger partial charge in [-0.3, -0.25) is 0 Å². The highest BCUT2D eigenvalue weighted by atomic mass is 16.6. The Bertz CT molecular complexity index is 202. The average Bonchev–Trinajstić information content (AvgIpc) is 2.62. The van der Waals surface area contributed by atoms with E-state index in [1.807, 2.05) is 6.92 Å². The molecule has 1 aliphatic carbocycles. The van der Waals surface area contributed by atoms with Crippen molar-refractivity contribution in [2.45, 2.75) is 32.3 Å². The second-order valence-corrected chi connectivity index (χ2v) is 3.86. The summed E-state index contributed by atoms with van der Waals surface area (Å²) < 4.78 is 10.4. The number of hydrogen-bond donors (Lipinski definition) is 0. The molecular weight excluding hydrogens is 168 g/mol. The number of ether oxygens (including phenoxy) is 2. The predicted octanol–water partition coefficient (Wildman–Crippen LogP) is 1.36. The van der Waals surface area contributed by atoms with Crippen molar-refractivity contribution in [3.63, 3.8) is 0 Å². The van der Waals surface area contributed by atoms with Crippen LogP contribution < -0.4 is 0 Å². The van der Waals surface area contributed by atoms with Crippen molar-refractivity contribution in [1.29, 1.82) is 0 Å². The SMILES string of the molecule is CCOC(=O)C1OCC2CCCC21. The van der Waals surface area contributed by atoms with Crippen LogP contribution in [-0.2, 0) is 14.3 Å². The molecule has 2 rings (SSSR count). The van der Waals surface area contributed by atoms with Gasteiger partial charge in [-0.05, 0) is 25.7 Å². The highest BCUT2D eigenvalue weighted by molar-refractivity contribution is 5.75. The summed E-state index contributed by atoms with van der Waals surface area (Å²) in [5.74, 6) is 0.908. The van der Waals surface area contributed by atoms with E-state index in [0.717, 1.165) is 13.0 Å². The van der Waals surface area contributed by atoms with Gasteiger partial charge in [-0.25, -0.2) is 4.79 Å². The van der Waals surface area contributed by atoms with Crippen LogP contribution in [0, 0.1) is 11.8 Å². The van der Waals surface area contributed by atoms with Crippen molar-refractivity contribution in [1.82, 2.24) is 0 Å². The molecule has 3 unspecified atom stereocenters. The first-order chi connectivity index (χ1) is 6.33. The summed E-state index contributed by atoms with van der Waals surface area (Å²) >= 11 is 0. The number of hydrogen-bond acceptors (Lipinski definition) is 3. The summed E-state index contributed by atoms with van der Waals surface area (Å²) in [5.41, 5.74) is 0. The second-order valence-electron chi connectivity index (χ2n) is 3.86. The average molecular weight is 184 g/mol. The summed E-state index contributed by atoms with van der Waals surface area (Å²) in [6.45, 7) is 3.04. The van der Waals surface area contributed by atoms with E-state index in [4.69, 9.17) is 9.47 Å². The van der Waals surface area contributed by atoms with Crippen LogP contribution in [0.15, 0.2) is 0 Å². The first kappa shape index (κ1) is 9.00. The van der Waals surface area contributed by atoms with E-state index in [9.17, 15) is 4.79 Å². The maximum absolute atomic E-state index is 11.4. The predicted molar refractivity (Wildman–Crippen MR) is 47.2 cm³/mol. The van der Waals surface area contributed by atoms with Gasteiger partial charge in [0.25, 0.3) is 0 Å². The van der Waals surface area contributed by atoms with Crippen molar-refractivity contribution >= 4 is 5.97 Å². The fourth-order valence-corrected chi connectivity index (χ4v) is 2.49. The van der Waals surface area contributed by atoms with Crippen LogP contribution in [0.1, 0.15) is 26.2 Å². The molecule has 3 nitrogen and oxygen atoms in total. The standard InChI is InChI=1S/C10H16O3/c1-2-12-10(11)9-8-5-3-4-7(8)6-13-9/h7-9H,2-6H2,1H3. The monoisotopic (exact) mass is 184 g/mol. The third kappa shape index (κ3) is 1.57. The van der Waals surface area contributed by atoms with Gasteiger partial charge in [-0.1, -0.05) is 6.42 Å². The smallest absolute Gasteiger partial charge is 0.335 e. The lowest BCUT2D eigenvalue weighted by molar-refractivity contribution is -0.155. The van der Waals surface area contributed by atoms with E-state index < -0.39 is 0 Å². The van der Waals surface area contributed by atoms with Crippen LogP contribution in [-0.4, -0.2) is 25.3 Å². The normalized spacial score (nSPS) is 37.5. The molecule has 1 heterocycles. The van der Waals surface area contributed by atoms with Gasteiger partial charge in [-0.2, -0.15) is 0 Å². The fourth-order valence-electron chi connectivity index (χ4n) is 2.49. The molecule has 0 aromatic heterocycles. The lowest BCUT2D eigenvalue weighted by atomic mass is 9.94. The minimum atomic E-state index is -0.257. The molecule has 0 aromatic rings. The number of esters is 1. The summed E-state index contributed by atoms with van der Waals surface area (Å²) in [7, 11) is 0. The topological polar surface area (TPSA) is 35.5 Å². The molecule has 3 heteroatoms. The van der Waals surface area contributed by atoms with E-state index in [1.165, 1.54) is 12.8 Å². The second kappa shape index (κ2) is 3.66. The maximum Gasteiger partial charge on any atom is 0.335 e. The van der Waals surface area contributed by atoms with Crippen LogP contribution in [0.4, 0.5) is 0 Å². The van der Waals surface area contributed by atoms with Crippen molar-refractivity contribution in [2.75, 3.05) is 13.2 Å². The zero-order valence-corrected chi connectivity index (χ0v) is 7.99. The molecule has 0 spiro atoms. The Morgan fingerprint density at radius 3 is 3.15 bits per heavy atom. The van der Waals surface area contributed by atoms with Crippen LogP contribution >= 0.6 is 0 Å². The van der Waals surface area contributed by atoms with Gasteiger partial charge < -0.3 is 9.47 Å². The van der Waals surface area contributed by atoms with E-state index in [2.05, 4.69) is 0 Å². The van der Waals surface area contributed by atoms with E-state index >= 15 is 0 Å². The molecule has 0 N–H and O–H groups in total. The molecule has 0 aromatic carbocycles. The Hall–Kier alpha value is -0.570. The van der Waals surface area contributed by atoms with E-state index in [-0.39, 0.29) is 12.1 Å². The van der Waals surface area contributed by atoms with Crippen LogP contribution in [0.5, 0.6) is 0 Å². The summed E-state index contributed by atoms with van der Waals surface area (Å²) in [5, 5.41) is 0. The maximum atomic E-state index is 11.4. The highest BCUT2D eigenvalue weighted by Gasteiger charge is 2.44. The Labute approximate surface area is 78.4 Å². The van der Waals surface area contributed by atoms with Crippen molar-refractivity contribution in [2.24, 2.45) is 11.8 Å². The van der Waals surface area contributed by atoms with Crippen molar-refractivity contribution in [3.05, 3.63) is 0 Å². The quantitative estimate of drug-likeness (QED) is 0.608. The van der Waals surface area contributed by atoms with Crippen molar-refractivity contribution < 1.29 is 14.3 Å². The molecule has 3 atom stereocenters. The molecule has 0 bridgehead atoms. The summed E-state index contributed by atoms with van der Waals surface area (Å²) in [6.07, 6.45) is 3.34. The van der Waals surface area contributed by atoms with Gasteiger partial charge >= 0.3 is 5.97 Å². The van der Waals surface area contributed by atoms with Gasteiger partial charge in [-0.15, -0.1) is 0 Å². The molecular formula is C10H16O3. The number of carbonyl (C=O) groups excluding carboxylic acids is 1. The minimum Gasteiger partial charge on any atom is -0.464 e.